The first-order chi connectivity index (χ1) is 5.43. The van der Waals surface area contributed by atoms with E-state index >= 15 is 0 Å². The molecule has 0 heterocycles. The van der Waals surface area contributed by atoms with Crippen molar-refractivity contribution in [3.8, 4) is 0 Å². The van der Waals surface area contributed by atoms with Gasteiger partial charge in [-0.1, -0.05) is 34.6 Å². The SMILES string of the molecule is CCC(O[C]=O)C(C)C(C)(C)C. The molecule has 0 saturated carbocycles. The molecule has 0 aromatic rings. The third-order valence-electron chi connectivity index (χ3n) is 2.53. The molecule has 0 aliphatic heterocycles. The molecule has 0 rings (SSSR count). The number of rotatable bonds is 4. The summed E-state index contributed by atoms with van der Waals surface area (Å²) in [5.41, 5.74) is 0.178. The second kappa shape index (κ2) is 4.48. The Bertz CT molecular complexity index is 135. The first kappa shape index (κ1) is 11.5. The van der Waals surface area contributed by atoms with Crippen LogP contribution in [0.4, 0.5) is 0 Å². The Morgan fingerprint density at radius 2 is 1.92 bits per heavy atom. The van der Waals surface area contributed by atoms with Crippen LogP contribution in [-0.2, 0) is 9.53 Å². The van der Waals surface area contributed by atoms with Gasteiger partial charge in [-0.3, -0.25) is 0 Å². The highest BCUT2D eigenvalue weighted by atomic mass is 16.5. The van der Waals surface area contributed by atoms with Crippen molar-refractivity contribution in [1.82, 2.24) is 0 Å². The van der Waals surface area contributed by atoms with Crippen LogP contribution >= 0.6 is 0 Å². The molecule has 2 heteroatoms. The number of hydrogen-bond donors (Lipinski definition) is 0. The summed E-state index contributed by atoms with van der Waals surface area (Å²) < 4.78 is 4.87. The van der Waals surface area contributed by atoms with Crippen LogP contribution in [0.15, 0.2) is 0 Å². The van der Waals surface area contributed by atoms with Gasteiger partial charge in [0.05, 0.1) is 0 Å². The Morgan fingerprint density at radius 1 is 1.42 bits per heavy atom. The lowest BCUT2D eigenvalue weighted by atomic mass is 9.78. The number of hydrogen-bond acceptors (Lipinski definition) is 2. The first-order valence-corrected chi connectivity index (χ1v) is 4.46. The van der Waals surface area contributed by atoms with Crippen molar-refractivity contribution in [3.05, 3.63) is 0 Å². The summed E-state index contributed by atoms with van der Waals surface area (Å²) in [7, 11) is 0. The zero-order chi connectivity index (χ0) is 9.78. The van der Waals surface area contributed by atoms with E-state index in [0.29, 0.717) is 5.92 Å². The molecular formula is C10H19O2. The van der Waals surface area contributed by atoms with Gasteiger partial charge in [0.2, 0.25) is 0 Å². The molecule has 0 bridgehead atoms. The van der Waals surface area contributed by atoms with Crippen LogP contribution in [0.5, 0.6) is 0 Å². The Kier molecular flexibility index (Phi) is 4.29. The van der Waals surface area contributed by atoms with Gasteiger partial charge in [0.15, 0.2) is 0 Å². The van der Waals surface area contributed by atoms with E-state index in [4.69, 9.17) is 4.74 Å². The highest BCUT2D eigenvalue weighted by Crippen LogP contribution is 2.30. The molecule has 0 aromatic heterocycles. The molecule has 2 nitrogen and oxygen atoms in total. The predicted octanol–water partition coefficient (Wildman–Crippen LogP) is 2.53. The summed E-state index contributed by atoms with van der Waals surface area (Å²) in [4.78, 5) is 10.1. The molecule has 0 amide bonds. The summed E-state index contributed by atoms with van der Waals surface area (Å²) in [5, 5.41) is 0. The van der Waals surface area contributed by atoms with Crippen LogP contribution in [-0.4, -0.2) is 12.6 Å². The smallest absolute Gasteiger partial charge is 0.417 e. The minimum Gasteiger partial charge on any atom is -0.454 e. The predicted molar refractivity (Wildman–Crippen MR) is 49.5 cm³/mol. The zero-order valence-electron chi connectivity index (χ0n) is 8.68. The molecule has 0 aliphatic carbocycles. The molecule has 71 valence electrons. The Labute approximate surface area is 75.3 Å². The van der Waals surface area contributed by atoms with Crippen LogP contribution in [0.25, 0.3) is 0 Å². The van der Waals surface area contributed by atoms with Crippen molar-refractivity contribution in [2.75, 3.05) is 0 Å². The van der Waals surface area contributed by atoms with Gasteiger partial charge in [0, 0.05) is 0 Å². The van der Waals surface area contributed by atoms with Gasteiger partial charge < -0.3 is 4.74 Å². The van der Waals surface area contributed by atoms with E-state index in [1.54, 1.807) is 0 Å². The van der Waals surface area contributed by atoms with Crippen LogP contribution < -0.4 is 0 Å². The fourth-order valence-corrected chi connectivity index (χ4v) is 1.16. The molecule has 0 aromatic carbocycles. The minimum atomic E-state index is 0.00231. The van der Waals surface area contributed by atoms with E-state index in [-0.39, 0.29) is 11.5 Å². The zero-order valence-corrected chi connectivity index (χ0v) is 8.68. The van der Waals surface area contributed by atoms with E-state index in [1.807, 2.05) is 6.92 Å². The maximum Gasteiger partial charge on any atom is 0.417 e. The fraction of sp³-hybridized carbons (Fsp3) is 0.900. The molecule has 1 radical (unpaired) electrons. The molecule has 2 unspecified atom stereocenters. The quantitative estimate of drug-likeness (QED) is 0.649. The third-order valence-corrected chi connectivity index (χ3v) is 2.53. The molecule has 12 heavy (non-hydrogen) atoms. The highest BCUT2D eigenvalue weighted by Gasteiger charge is 2.28. The van der Waals surface area contributed by atoms with Crippen LogP contribution in [0.3, 0.4) is 0 Å². The molecule has 0 fully saturated rings. The minimum absolute atomic E-state index is 0.00231. The molecule has 2 atom stereocenters. The van der Waals surface area contributed by atoms with E-state index in [1.165, 1.54) is 6.47 Å². The lowest BCUT2D eigenvalue weighted by Gasteiger charge is -2.32. The Hall–Kier alpha value is -0.530. The largest absolute Gasteiger partial charge is 0.454 e. The fourth-order valence-electron chi connectivity index (χ4n) is 1.16. The monoisotopic (exact) mass is 171 g/mol. The average Bonchev–Trinajstić information content (AvgIpc) is 1.97. The van der Waals surface area contributed by atoms with Gasteiger partial charge >= 0.3 is 6.47 Å². The molecule has 0 N–H and O–H groups in total. The summed E-state index contributed by atoms with van der Waals surface area (Å²) in [6, 6.07) is 0. The van der Waals surface area contributed by atoms with Crippen LogP contribution in [0, 0.1) is 11.3 Å². The Balaban J connectivity index is 4.20. The van der Waals surface area contributed by atoms with Gasteiger partial charge in [0.1, 0.15) is 6.10 Å². The van der Waals surface area contributed by atoms with Gasteiger partial charge in [-0.25, -0.2) is 4.79 Å². The van der Waals surface area contributed by atoms with Crippen molar-refractivity contribution in [1.29, 1.82) is 0 Å². The lowest BCUT2D eigenvalue weighted by Crippen LogP contribution is -2.31. The molecule has 0 aliphatic rings. The van der Waals surface area contributed by atoms with Crippen LogP contribution in [0.1, 0.15) is 41.0 Å². The summed E-state index contributed by atoms with van der Waals surface area (Å²) >= 11 is 0. The topological polar surface area (TPSA) is 26.3 Å². The lowest BCUT2D eigenvalue weighted by molar-refractivity contribution is 0.0587. The summed E-state index contributed by atoms with van der Waals surface area (Å²) in [5.74, 6) is 0.365. The van der Waals surface area contributed by atoms with E-state index in [0.717, 1.165) is 6.42 Å². The second-order valence-electron chi connectivity index (χ2n) is 4.30. The molecule has 0 spiro atoms. The standard InChI is InChI=1S/C10H19O2/c1-6-9(12-7-11)8(2)10(3,4)5/h8-9H,6H2,1-5H3. The Morgan fingerprint density at radius 3 is 2.17 bits per heavy atom. The summed E-state index contributed by atoms with van der Waals surface area (Å²) in [6.45, 7) is 12.1. The number of carbonyl (C=O) groups excluding carboxylic acids is 1. The van der Waals surface area contributed by atoms with Gasteiger partial charge in [-0.15, -0.1) is 0 Å². The van der Waals surface area contributed by atoms with E-state index in [9.17, 15) is 4.79 Å². The highest BCUT2D eigenvalue weighted by molar-refractivity contribution is 5.38. The van der Waals surface area contributed by atoms with Gasteiger partial charge in [0.25, 0.3) is 0 Å². The van der Waals surface area contributed by atoms with Crippen molar-refractivity contribution in [2.45, 2.75) is 47.1 Å². The van der Waals surface area contributed by atoms with E-state index in [2.05, 4.69) is 27.7 Å². The normalized spacial score (nSPS) is 16.8. The van der Waals surface area contributed by atoms with Crippen molar-refractivity contribution in [2.24, 2.45) is 11.3 Å². The molecule has 0 saturated heterocycles. The van der Waals surface area contributed by atoms with E-state index < -0.39 is 0 Å². The van der Waals surface area contributed by atoms with Crippen molar-refractivity contribution >= 4 is 6.47 Å². The van der Waals surface area contributed by atoms with Crippen molar-refractivity contribution in [3.63, 3.8) is 0 Å². The van der Waals surface area contributed by atoms with Gasteiger partial charge in [-0.2, -0.15) is 0 Å². The molecular weight excluding hydrogens is 152 g/mol. The first-order valence-electron chi connectivity index (χ1n) is 4.46. The number of ether oxygens (including phenoxy) is 1. The maximum absolute atomic E-state index is 10.1. The van der Waals surface area contributed by atoms with Crippen molar-refractivity contribution < 1.29 is 9.53 Å². The maximum atomic E-state index is 10.1. The average molecular weight is 171 g/mol. The second-order valence-corrected chi connectivity index (χ2v) is 4.30. The summed E-state index contributed by atoms with van der Waals surface area (Å²) in [6.07, 6.45) is 0.857. The van der Waals surface area contributed by atoms with Crippen LogP contribution in [0.2, 0.25) is 0 Å². The third kappa shape index (κ3) is 3.24. The van der Waals surface area contributed by atoms with Gasteiger partial charge in [-0.05, 0) is 17.8 Å².